The summed E-state index contributed by atoms with van der Waals surface area (Å²) in [5.74, 6) is 1.33. The van der Waals surface area contributed by atoms with Gasteiger partial charge in [-0.25, -0.2) is 0 Å². The molecule has 4 unspecified atom stereocenters. The number of primary amides is 1. The summed E-state index contributed by atoms with van der Waals surface area (Å²) in [5, 5.41) is 3.27. The van der Waals surface area contributed by atoms with Crippen molar-refractivity contribution in [2.45, 2.75) is 45.2 Å². The van der Waals surface area contributed by atoms with Gasteiger partial charge in [0.25, 0.3) is 0 Å². The number of hydrogen-bond donors (Lipinski definition) is 2. The third kappa shape index (κ3) is 2.80. The Bertz CT molecular complexity index is 282. The fourth-order valence-corrected chi connectivity index (χ4v) is 3.52. The Balaban J connectivity index is 2.05. The zero-order valence-corrected chi connectivity index (χ0v) is 11.0. The lowest BCUT2D eigenvalue weighted by molar-refractivity contribution is -0.125. The number of carbonyl (C=O) groups is 1. The minimum absolute atomic E-state index is 0.107. The van der Waals surface area contributed by atoms with E-state index in [4.69, 9.17) is 5.73 Å². The third-order valence-electron chi connectivity index (χ3n) is 4.43. The second kappa shape index (κ2) is 5.36. The Morgan fingerprint density at radius 3 is 2.76 bits per heavy atom. The van der Waals surface area contributed by atoms with E-state index < -0.39 is 0 Å². The highest BCUT2D eigenvalue weighted by atomic mass is 16.1. The van der Waals surface area contributed by atoms with E-state index in [9.17, 15) is 4.79 Å². The van der Waals surface area contributed by atoms with Crippen LogP contribution in [0.3, 0.4) is 0 Å². The fourth-order valence-electron chi connectivity index (χ4n) is 3.52. The molecule has 0 aromatic heterocycles. The lowest BCUT2D eigenvalue weighted by Gasteiger charge is -2.45. The van der Waals surface area contributed by atoms with Gasteiger partial charge >= 0.3 is 0 Å². The number of rotatable bonds is 2. The van der Waals surface area contributed by atoms with Crippen molar-refractivity contribution in [3.8, 4) is 0 Å². The molecule has 2 rings (SSSR count). The van der Waals surface area contributed by atoms with E-state index in [1.807, 2.05) is 0 Å². The maximum atomic E-state index is 11.5. The summed E-state index contributed by atoms with van der Waals surface area (Å²) in [6.07, 6.45) is 3.77. The van der Waals surface area contributed by atoms with Crippen molar-refractivity contribution >= 4 is 5.91 Å². The number of amides is 1. The van der Waals surface area contributed by atoms with E-state index in [0.717, 1.165) is 19.0 Å². The van der Waals surface area contributed by atoms with Gasteiger partial charge in [0, 0.05) is 25.7 Å². The average Bonchev–Trinajstić information content (AvgIpc) is 2.29. The summed E-state index contributed by atoms with van der Waals surface area (Å²) in [6, 6.07) is 0.440. The molecular weight excluding hydrogens is 214 g/mol. The van der Waals surface area contributed by atoms with Crippen LogP contribution in [0, 0.1) is 11.8 Å². The first-order chi connectivity index (χ1) is 8.09. The van der Waals surface area contributed by atoms with Crippen LogP contribution >= 0.6 is 0 Å². The van der Waals surface area contributed by atoms with Gasteiger partial charge in [0.15, 0.2) is 0 Å². The molecule has 0 aromatic carbocycles. The Kier molecular flexibility index (Phi) is 4.05. The van der Waals surface area contributed by atoms with Gasteiger partial charge in [-0.2, -0.15) is 0 Å². The van der Waals surface area contributed by atoms with Gasteiger partial charge in [-0.05, 0) is 31.1 Å². The molecule has 0 aromatic rings. The molecule has 1 amide bonds. The van der Waals surface area contributed by atoms with Crippen LogP contribution in [0.1, 0.15) is 33.1 Å². The Hall–Kier alpha value is -0.610. The lowest BCUT2D eigenvalue weighted by atomic mass is 9.78. The molecule has 0 spiro atoms. The predicted molar refractivity (Wildman–Crippen MR) is 68.5 cm³/mol. The van der Waals surface area contributed by atoms with Crippen LogP contribution in [-0.4, -0.2) is 42.5 Å². The van der Waals surface area contributed by atoms with E-state index in [2.05, 4.69) is 24.1 Å². The smallest absolute Gasteiger partial charge is 0.236 e. The van der Waals surface area contributed by atoms with Crippen LogP contribution in [0.15, 0.2) is 0 Å². The summed E-state index contributed by atoms with van der Waals surface area (Å²) in [6.45, 7) is 7.30. The summed E-state index contributed by atoms with van der Waals surface area (Å²) in [4.78, 5) is 13.9. The molecule has 4 atom stereocenters. The van der Waals surface area contributed by atoms with Crippen molar-refractivity contribution in [1.29, 1.82) is 0 Å². The maximum absolute atomic E-state index is 11.5. The monoisotopic (exact) mass is 239 g/mol. The van der Waals surface area contributed by atoms with E-state index in [1.54, 1.807) is 0 Å². The van der Waals surface area contributed by atoms with Crippen LogP contribution in [0.4, 0.5) is 0 Å². The highest BCUT2D eigenvalue weighted by Gasteiger charge is 2.36. The van der Waals surface area contributed by atoms with Crippen LogP contribution in [-0.2, 0) is 4.79 Å². The van der Waals surface area contributed by atoms with Crippen molar-refractivity contribution in [2.24, 2.45) is 17.6 Å². The average molecular weight is 239 g/mol. The molecule has 4 heteroatoms. The molecule has 2 aliphatic rings. The SMILES string of the molecule is CC1CCC(N2CCNCC2C(N)=O)C(C)C1. The summed E-state index contributed by atoms with van der Waals surface area (Å²) in [5.41, 5.74) is 5.52. The second-order valence-electron chi connectivity index (χ2n) is 5.82. The first kappa shape index (κ1) is 12.8. The molecule has 17 heavy (non-hydrogen) atoms. The van der Waals surface area contributed by atoms with Crippen LogP contribution in [0.5, 0.6) is 0 Å². The highest BCUT2D eigenvalue weighted by molar-refractivity contribution is 5.80. The largest absolute Gasteiger partial charge is 0.368 e. The van der Waals surface area contributed by atoms with Gasteiger partial charge in [-0.3, -0.25) is 9.69 Å². The predicted octanol–water partition coefficient (Wildman–Crippen LogP) is 0.570. The lowest BCUT2D eigenvalue weighted by Crippen LogP contribution is -2.61. The minimum atomic E-state index is -0.178. The number of carbonyl (C=O) groups excluding carboxylic acids is 1. The standard InChI is InChI=1S/C13H25N3O/c1-9-3-4-11(10(2)7-9)16-6-5-15-8-12(16)13(14)17/h9-12,15H,3-8H2,1-2H3,(H2,14,17). The quantitative estimate of drug-likeness (QED) is 0.741. The first-order valence-electron chi connectivity index (χ1n) is 6.85. The van der Waals surface area contributed by atoms with Crippen molar-refractivity contribution < 1.29 is 4.79 Å². The summed E-state index contributed by atoms with van der Waals surface area (Å²) < 4.78 is 0. The molecule has 1 saturated carbocycles. The Morgan fingerprint density at radius 1 is 1.35 bits per heavy atom. The number of hydrogen-bond acceptors (Lipinski definition) is 3. The number of piperazine rings is 1. The molecule has 1 heterocycles. The number of nitrogens with one attached hydrogen (secondary N) is 1. The van der Waals surface area contributed by atoms with E-state index in [-0.39, 0.29) is 11.9 Å². The zero-order chi connectivity index (χ0) is 12.4. The van der Waals surface area contributed by atoms with Gasteiger partial charge in [0.2, 0.25) is 5.91 Å². The highest BCUT2D eigenvalue weighted by Crippen LogP contribution is 2.33. The molecule has 3 N–H and O–H groups in total. The van der Waals surface area contributed by atoms with Gasteiger partial charge in [0.1, 0.15) is 6.04 Å². The van der Waals surface area contributed by atoms with Crippen molar-refractivity contribution in [2.75, 3.05) is 19.6 Å². The molecule has 4 nitrogen and oxygen atoms in total. The van der Waals surface area contributed by atoms with E-state index in [0.29, 0.717) is 18.5 Å². The normalized spacial score (nSPS) is 40.1. The number of nitrogens with two attached hydrogens (primary N) is 1. The fraction of sp³-hybridized carbons (Fsp3) is 0.923. The molecule has 1 aliphatic heterocycles. The van der Waals surface area contributed by atoms with Crippen molar-refractivity contribution in [3.05, 3.63) is 0 Å². The van der Waals surface area contributed by atoms with Gasteiger partial charge < -0.3 is 11.1 Å². The van der Waals surface area contributed by atoms with Crippen molar-refractivity contribution in [1.82, 2.24) is 10.2 Å². The second-order valence-corrected chi connectivity index (χ2v) is 5.82. The molecule has 98 valence electrons. The van der Waals surface area contributed by atoms with Gasteiger partial charge in [-0.1, -0.05) is 13.8 Å². The third-order valence-corrected chi connectivity index (χ3v) is 4.43. The van der Waals surface area contributed by atoms with E-state index in [1.165, 1.54) is 19.3 Å². The first-order valence-corrected chi connectivity index (χ1v) is 6.85. The summed E-state index contributed by atoms with van der Waals surface area (Å²) >= 11 is 0. The molecule has 0 bridgehead atoms. The van der Waals surface area contributed by atoms with Crippen molar-refractivity contribution in [3.63, 3.8) is 0 Å². The van der Waals surface area contributed by atoms with Crippen LogP contribution in [0.2, 0.25) is 0 Å². The molecule has 1 saturated heterocycles. The minimum Gasteiger partial charge on any atom is -0.368 e. The summed E-state index contributed by atoms with van der Waals surface area (Å²) in [7, 11) is 0. The molecule has 1 aliphatic carbocycles. The van der Waals surface area contributed by atoms with Crippen LogP contribution in [0.25, 0.3) is 0 Å². The molecule has 0 radical (unpaired) electrons. The molecule has 2 fully saturated rings. The van der Waals surface area contributed by atoms with Gasteiger partial charge in [0.05, 0.1) is 0 Å². The van der Waals surface area contributed by atoms with Crippen LogP contribution < -0.4 is 11.1 Å². The van der Waals surface area contributed by atoms with Gasteiger partial charge in [-0.15, -0.1) is 0 Å². The zero-order valence-electron chi connectivity index (χ0n) is 11.0. The Labute approximate surface area is 104 Å². The number of nitrogens with zero attached hydrogens (tertiary/aromatic N) is 1. The topological polar surface area (TPSA) is 58.4 Å². The maximum Gasteiger partial charge on any atom is 0.236 e. The Morgan fingerprint density at radius 2 is 2.12 bits per heavy atom. The molecular formula is C13H25N3O. The van der Waals surface area contributed by atoms with E-state index >= 15 is 0 Å².